The normalized spacial score (nSPS) is 10.4. The van der Waals surface area contributed by atoms with Gasteiger partial charge in [0.25, 0.3) is 5.91 Å². The lowest BCUT2D eigenvalue weighted by Crippen LogP contribution is -2.26. The maximum absolute atomic E-state index is 11.5. The molecule has 0 fully saturated rings. The number of aromatic nitrogens is 1. The van der Waals surface area contributed by atoms with Crippen LogP contribution in [0.25, 0.3) is 0 Å². The number of nitrogens with one attached hydrogen (secondary N) is 1. The van der Waals surface area contributed by atoms with Crippen molar-refractivity contribution in [2.45, 2.75) is 13.8 Å². The zero-order valence-electron chi connectivity index (χ0n) is 8.66. The molecule has 0 bridgehead atoms. The summed E-state index contributed by atoms with van der Waals surface area (Å²) in [5, 5.41) is 0. The van der Waals surface area contributed by atoms with Crippen LogP contribution in [-0.4, -0.2) is 17.5 Å². The number of nitrogens with zero attached hydrogens (tertiary/aromatic N) is 1. The minimum atomic E-state index is -0.336. The molecule has 1 rings (SSSR count). The molecule has 0 aliphatic carbocycles. The highest BCUT2D eigenvalue weighted by Gasteiger charge is 2.07. The predicted molar refractivity (Wildman–Crippen MR) is 60.2 cm³/mol. The number of pyridine rings is 1. The first-order chi connectivity index (χ1) is 7.09. The monoisotopic (exact) mass is 272 g/mol. The van der Waals surface area contributed by atoms with E-state index in [1.54, 1.807) is 18.3 Å². The lowest BCUT2D eigenvalue weighted by atomic mass is 10.2. The van der Waals surface area contributed by atoms with Crippen molar-refractivity contribution < 1.29 is 9.63 Å². The van der Waals surface area contributed by atoms with Crippen molar-refractivity contribution in [1.29, 1.82) is 0 Å². The molecule has 0 atom stereocenters. The van der Waals surface area contributed by atoms with Crippen LogP contribution >= 0.6 is 15.9 Å². The molecule has 0 aliphatic rings. The number of hydrogen-bond acceptors (Lipinski definition) is 3. The summed E-state index contributed by atoms with van der Waals surface area (Å²) in [5.41, 5.74) is 2.66. The minimum absolute atomic E-state index is 0.327. The number of amides is 1. The Balaban J connectivity index is 2.47. The van der Waals surface area contributed by atoms with Gasteiger partial charge in [-0.25, -0.2) is 5.48 Å². The van der Waals surface area contributed by atoms with Gasteiger partial charge in [-0.15, -0.1) is 0 Å². The van der Waals surface area contributed by atoms with Gasteiger partial charge in [-0.05, 0) is 18.1 Å². The van der Waals surface area contributed by atoms with Crippen molar-refractivity contribution in [3.8, 4) is 0 Å². The van der Waals surface area contributed by atoms with E-state index in [1.165, 1.54) is 0 Å². The topological polar surface area (TPSA) is 51.2 Å². The fourth-order valence-electron chi connectivity index (χ4n) is 0.855. The Bertz CT molecular complexity index is 342. The smallest absolute Gasteiger partial charge is 0.273 e. The Morgan fingerprint density at radius 2 is 2.40 bits per heavy atom. The molecular formula is C10H13BrN2O2. The van der Waals surface area contributed by atoms with Crippen molar-refractivity contribution in [3.63, 3.8) is 0 Å². The molecule has 1 amide bonds. The zero-order valence-corrected chi connectivity index (χ0v) is 10.2. The van der Waals surface area contributed by atoms with E-state index < -0.39 is 0 Å². The van der Waals surface area contributed by atoms with Crippen LogP contribution in [0.5, 0.6) is 0 Å². The highest BCUT2D eigenvalue weighted by Crippen LogP contribution is 2.08. The average molecular weight is 273 g/mol. The van der Waals surface area contributed by atoms with Crippen LogP contribution in [0.15, 0.2) is 22.8 Å². The lowest BCUT2D eigenvalue weighted by molar-refractivity contribution is 0.0204. The minimum Gasteiger partial charge on any atom is -0.273 e. The molecule has 0 radical (unpaired) electrons. The fourth-order valence-corrected chi connectivity index (χ4v) is 1.19. The maximum atomic E-state index is 11.5. The van der Waals surface area contributed by atoms with Gasteiger partial charge in [0.05, 0.1) is 6.61 Å². The third kappa shape index (κ3) is 4.40. The summed E-state index contributed by atoms with van der Waals surface area (Å²) in [7, 11) is 0. The van der Waals surface area contributed by atoms with Gasteiger partial charge in [0.2, 0.25) is 0 Å². The standard InChI is InChI=1S/C10H13BrN2O2/c1-7(2)6-15-13-10(14)9-5-8(11)3-4-12-9/h3-5,7H,6H2,1-2H3,(H,13,14). The van der Waals surface area contributed by atoms with E-state index >= 15 is 0 Å². The summed E-state index contributed by atoms with van der Waals surface area (Å²) in [6, 6.07) is 3.39. The highest BCUT2D eigenvalue weighted by molar-refractivity contribution is 9.10. The summed E-state index contributed by atoms with van der Waals surface area (Å²) in [4.78, 5) is 20.4. The molecule has 0 unspecified atom stereocenters. The SMILES string of the molecule is CC(C)CONC(=O)c1cc(Br)ccn1. The maximum Gasteiger partial charge on any atom is 0.293 e. The molecule has 0 aliphatic heterocycles. The molecule has 1 aromatic heterocycles. The first-order valence-electron chi connectivity index (χ1n) is 4.63. The molecule has 0 aromatic carbocycles. The van der Waals surface area contributed by atoms with Gasteiger partial charge in [0, 0.05) is 10.7 Å². The molecule has 4 nitrogen and oxygen atoms in total. The van der Waals surface area contributed by atoms with E-state index in [9.17, 15) is 4.79 Å². The molecule has 0 saturated heterocycles. The van der Waals surface area contributed by atoms with Crippen LogP contribution in [0.2, 0.25) is 0 Å². The fraction of sp³-hybridized carbons (Fsp3) is 0.400. The van der Waals surface area contributed by atoms with Gasteiger partial charge in [0.1, 0.15) is 5.69 Å². The first kappa shape index (κ1) is 12.1. The molecular weight excluding hydrogens is 260 g/mol. The van der Waals surface area contributed by atoms with Gasteiger partial charge in [-0.1, -0.05) is 29.8 Å². The van der Waals surface area contributed by atoms with Crippen molar-refractivity contribution in [1.82, 2.24) is 10.5 Å². The molecule has 82 valence electrons. The van der Waals surface area contributed by atoms with Gasteiger partial charge in [0.15, 0.2) is 0 Å². The van der Waals surface area contributed by atoms with Crippen LogP contribution < -0.4 is 5.48 Å². The van der Waals surface area contributed by atoms with E-state index in [4.69, 9.17) is 4.84 Å². The quantitative estimate of drug-likeness (QED) is 0.855. The van der Waals surface area contributed by atoms with Crippen LogP contribution in [0.1, 0.15) is 24.3 Å². The second kappa shape index (κ2) is 5.82. The van der Waals surface area contributed by atoms with E-state index in [2.05, 4.69) is 26.4 Å². The molecule has 5 heteroatoms. The lowest BCUT2D eigenvalue weighted by Gasteiger charge is -2.07. The van der Waals surface area contributed by atoms with E-state index in [0.717, 1.165) is 4.47 Å². The molecule has 1 N–H and O–H groups in total. The Kier molecular flexibility index (Phi) is 4.71. The third-order valence-electron chi connectivity index (χ3n) is 1.54. The summed E-state index contributed by atoms with van der Waals surface area (Å²) in [6.45, 7) is 4.49. The summed E-state index contributed by atoms with van der Waals surface area (Å²) in [5.74, 6) is 0.0396. The van der Waals surface area contributed by atoms with E-state index in [-0.39, 0.29) is 5.91 Å². The zero-order chi connectivity index (χ0) is 11.3. The molecule has 0 spiro atoms. The average Bonchev–Trinajstić information content (AvgIpc) is 2.17. The van der Waals surface area contributed by atoms with Crippen molar-refractivity contribution in [2.75, 3.05) is 6.61 Å². The Hall–Kier alpha value is -0.940. The first-order valence-corrected chi connectivity index (χ1v) is 5.42. The number of hydrogen-bond donors (Lipinski definition) is 1. The summed E-state index contributed by atoms with van der Waals surface area (Å²) < 4.78 is 0.812. The Morgan fingerprint density at radius 3 is 3.00 bits per heavy atom. The van der Waals surface area contributed by atoms with Crippen LogP contribution in [0.3, 0.4) is 0 Å². The van der Waals surface area contributed by atoms with Gasteiger partial charge in [-0.2, -0.15) is 0 Å². The van der Waals surface area contributed by atoms with Gasteiger partial charge < -0.3 is 0 Å². The predicted octanol–water partition coefficient (Wildman–Crippen LogP) is 2.16. The van der Waals surface area contributed by atoms with Crippen molar-refractivity contribution in [3.05, 3.63) is 28.5 Å². The Morgan fingerprint density at radius 1 is 1.67 bits per heavy atom. The molecule has 0 saturated carbocycles. The second-order valence-electron chi connectivity index (χ2n) is 3.50. The third-order valence-corrected chi connectivity index (χ3v) is 2.03. The number of carbonyl (C=O) groups is 1. The molecule has 1 heterocycles. The summed E-state index contributed by atoms with van der Waals surface area (Å²) in [6.07, 6.45) is 1.56. The number of halogens is 1. The van der Waals surface area contributed by atoms with E-state index in [1.807, 2.05) is 13.8 Å². The number of hydroxylamine groups is 1. The van der Waals surface area contributed by atoms with Crippen LogP contribution in [-0.2, 0) is 4.84 Å². The van der Waals surface area contributed by atoms with E-state index in [0.29, 0.717) is 18.2 Å². The van der Waals surface area contributed by atoms with Crippen LogP contribution in [0.4, 0.5) is 0 Å². The number of carbonyl (C=O) groups excluding carboxylic acids is 1. The Labute approximate surface area is 97.1 Å². The molecule has 15 heavy (non-hydrogen) atoms. The number of rotatable bonds is 4. The van der Waals surface area contributed by atoms with Crippen LogP contribution in [0, 0.1) is 5.92 Å². The highest BCUT2D eigenvalue weighted by atomic mass is 79.9. The van der Waals surface area contributed by atoms with Gasteiger partial charge >= 0.3 is 0 Å². The van der Waals surface area contributed by atoms with Crippen molar-refractivity contribution in [2.24, 2.45) is 5.92 Å². The largest absolute Gasteiger partial charge is 0.293 e. The van der Waals surface area contributed by atoms with Gasteiger partial charge in [-0.3, -0.25) is 14.6 Å². The second-order valence-corrected chi connectivity index (χ2v) is 4.41. The summed E-state index contributed by atoms with van der Waals surface area (Å²) >= 11 is 3.26. The molecule has 1 aromatic rings. The van der Waals surface area contributed by atoms with Crippen molar-refractivity contribution >= 4 is 21.8 Å².